The van der Waals surface area contributed by atoms with Gasteiger partial charge >= 0.3 is 0 Å². The lowest BCUT2D eigenvalue weighted by atomic mass is 10.2. The van der Waals surface area contributed by atoms with Crippen LogP contribution in [0.4, 0.5) is 5.69 Å². The predicted molar refractivity (Wildman–Crippen MR) is 101 cm³/mol. The molecule has 0 bridgehead atoms. The van der Waals surface area contributed by atoms with Gasteiger partial charge in [-0.1, -0.05) is 29.3 Å². The first-order chi connectivity index (χ1) is 11.8. The summed E-state index contributed by atoms with van der Waals surface area (Å²) in [6.45, 7) is 3.80. The van der Waals surface area contributed by atoms with E-state index in [1.165, 1.54) is 55.6 Å². The van der Waals surface area contributed by atoms with Crippen LogP contribution in [-0.2, 0) is 10.0 Å². The normalized spacial score (nSPS) is 11.0. The van der Waals surface area contributed by atoms with Gasteiger partial charge in [-0.15, -0.1) is 6.58 Å². The number of carbonyl (C=O) groups excluding carboxylic acids is 1. The average Bonchev–Trinajstić information content (AvgIpc) is 2.59. The first-order valence-corrected chi connectivity index (χ1v) is 9.40. The molecule has 0 atom stereocenters. The number of nitrogens with zero attached hydrogens (tertiary/aromatic N) is 1. The van der Waals surface area contributed by atoms with Crippen molar-refractivity contribution in [1.29, 1.82) is 0 Å². The lowest BCUT2D eigenvalue weighted by Gasteiger charge is -2.20. The molecule has 0 aliphatic heterocycles. The van der Waals surface area contributed by atoms with E-state index in [-0.39, 0.29) is 22.0 Å². The van der Waals surface area contributed by atoms with Crippen LogP contribution in [0.15, 0.2) is 60.0 Å². The lowest BCUT2D eigenvalue weighted by Crippen LogP contribution is -2.28. The quantitative estimate of drug-likeness (QED) is 0.753. The zero-order chi connectivity index (χ0) is 18.6. The highest BCUT2D eigenvalue weighted by atomic mass is 35.5. The number of anilines is 1. The molecule has 0 saturated carbocycles. The highest BCUT2D eigenvalue weighted by molar-refractivity contribution is 7.92. The molecule has 2 rings (SSSR count). The molecule has 8 heteroatoms. The first kappa shape index (κ1) is 19.3. The summed E-state index contributed by atoms with van der Waals surface area (Å²) in [4.78, 5) is 12.2. The first-order valence-electron chi connectivity index (χ1n) is 7.20. The van der Waals surface area contributed by atoms with Gasteiger partial charge in [-0.3, -0.25) is 9.10 Å². The molecule has 0 aromatic heterocycles. The van der Waals surface area contributed by atoms with E-state index in [0.717, 1.165) is 4.31 Å². The van der Waals surface area contributed by atoms with Crippen molar-refractivity contribution in [3.63, 3.8) is 0 Å². The minimum absolute atomic E-state index is 0.0898. The van der Waals surface area contributed by atoms with Crippen LogP contribution in [0.25, 0.3) is 0 Å². The maximum atomic E-state index is 12.7. The highest BCUT2D eigenvalue weighted by Crippen LogP contribution is 2.27. The zero-order valence-corrected chi connectivity index (χ0v) is 15.7. The fourth-order valence-corrected chi connectivity index (χ4v) is 3.56. The maximum Gasteiger partial charge on any atom is 0.264 e. The molecule has 0 unspecified atom stereocenters. The van der Waals surface area contributed by atoms with E-state index in [0.29, 0.717) is 10.7 Å². The number of nitrogens with one attached hydrogen (secondary N) is 1. The van der Waals surface area contributed by atoms with Gasteiger partial charge in [0.05, 0.1) is 21.2 Å². The molecule has 0 aliphatic carbocycles. The summed E-state index contributed by atoms with van der Waals surface area (Å²) in [5.41, 5.74) is 0.488. The van der Waals surface area contributed by atoms with Crippen LogP contribution in [0.2, 0.25) is 10.0 Å². The number of hydrogen-bond acceptors (Lipinski definition) is 3. The number of hydrogen-bond donors (Lipinski definition) is 1. The molecule has 0 heterocycles. The number of halogens is 2. The maximum absolute atomic E-state index is 12.7. The molecule has 0 spiro atoms. The SMILES string of the molecule is C=CCNC(=O)c1cc(N(C)S(=O)(=O)c2ccc(Cl)cc2)ccc1Cl. The standard InChI is InChI=1S/C17H16Cl2N2O3S/c1-3-10-20-17(22)15-11-13(6-9-16(15)19)21(2)25(23,24)14-7-4-12(18)5-8-14/h3-9,11H,1,10H2,2H3,(H,20,22). The van der Waals surface area contributed by atoms with Crippen LogP contribution in [0.5, 0.6) is 0 Å². The van der Waals surface area contributed by atoms with E-state index < -0.39 is 15.9 Å². The van der Waals surface area contributed by atoms with Gasteiger partial charge in [0.25, 0.3) is 15.9 Å². The monoisotopic (exact) mass is 398 g/mol. The summed E-state index contributed by atoms with van der Waals surface area (Å²) >= 11 is 11.9. The molecule has 1 amide bonds. The van der Waals surface area contributed by atoms with Crippen LogP contribution in [0.1, 0.15) is 10.4 Å². The van der Waals surface area contributed by atoms with Crippen molar-refractivity contribution in [2.24, 2.45) is 0 Å². The van der Waals surface area contributed by atoms with Crippen molar-refractivity contribution in [2.45, 2.75) is 4.90 Å². The van der Waals surface area contributed by atoms with Gasteiger partial charge in [-0.05, 0) is 42.5 Å². The Morgan fingerprint density at radius 2 is 1.84 bits per heavy atom. The van der Waals surface area contributed by atoms with Crippen LogP contribution in [-0.4, -0.2) is 27.9 Å². The van der Waals surface area contributed by atoms with Crippen LogP contribution in [0, 0.1) is 0 Å². The zero-order valence-electron chi connectivity index (χ0n) is 13.4. The molecular weight excluding hydrogens is 383 g/mol. The molecule has 2 aromatic carbocycles. The van der Waals surface area contributed by atoms with Crippen molar-refractivity contribution < 1.29 is 13.2 Å². The molecule has 0 fully saturated rings. The van der Waals surface area contributed by atoms with Crippen LogP contribution >= 0.6 is 23.2 Å². The molecule has 0 radical (unpaired) electrons. The van der Waals surface area contributed by atoms with Crippen LogP contribution < -0.4 is 9.62 Å². The van der Waals surface area contributed by atoms with Crippen molar-refractivity contribution >= 4 is 44.8 Å². The topological polar surface area (TPSA) is 66.5 Å². The second-order valence-corrected chi connectivity index (χ2v) is 7.90. The third-order valence-corrected chi connectivity index (χ3v) is 5.82. The minimum Gasteiger partial charge on any atom is -0.349 e. The van der Waals surface area contributed by atoms with Crippen molar-refractivity contribution in [2.75, 3.05) is 17.9 Å². The largest absolute Gasteiger partial charge is 0.349 e. The fourth-order valence-electron chi connectivity index (χ4n) is 2.05. The van der Waals surface area contributed by atoms with Crippen molar-refractivity contribution in [1.82, 2.24) is 5.32 Å². The Hall–Kier alpha value is -2.02. The molecule has 5 nitrogen and oxygen atoms in total. The number of rotatable bonds is 6. The van der Waals surface area contributed by atoms with Gasteiger partial charge in [-0.25, -0.2) is 8.42 Å². The minimum atomic E-state index is -3.80. The Morgan fingerprint density at radius 3 is 2.44 bits per heavy atom. The number of carbonyl (C=O) groups is 1. The Balaban J connectivity index is 2.38. The molecule has 25 heavy (non-hydrogen) atoms. The van der Waals surface area contributed by atoms with E-state index in [1.807, 2.05) is 0 Å². The number of sulfonamides is 1. The average molecular weight is 399 g/mol. The number of benzene rings is 2. The van der Waals surface area contributed by atoms with Crippen molar-refractivity contribution in [3.05, 3.63) is 70.7 Å². The Kier molecular flexibility index (Phi) is 6.11. The summed E-state index contributed by atoms with van der Waals surface area (Å²) in [5, 5.41) is 3.27. The smallest absolute Gasteiger partial charge is 0.264 e. The summed E-state index contributed by atoms with van der Waals surface area (Å²) in [6, 6.07) is 10.3. The molecule has 0 aliphatic rings. The predicted octanol–water partition coefficient (Wildman–Crippen LogP) is 3.73. The van der Waals surface area contributed by atoms with Gasteiger partial charge < -0.3 is 5.32 Å². The summed E-state index contributed by atoms with van der Waals surface area (Å²) in [5.74, 6) is -0.413. The van der Waals surface area contributed by atoms with Gasteiger partial charge in [0, 0.05) is 18.6 Å². The van der Waals surface area contributed by atoms with Gasteiger partial charge in [0.1, 0.15) is 0 Å². The fraction of sp³-hybridized carbons (Fsp3) is 0.118. The molecule has 132 valence electrons. The van der Waals surface area contributed by atoms with E-state index in [1.54, 1.807) is 0 Å². The summed E-state index contributed by atoms with van der Waals surface area (Å²) in [7, 11) is -2.40. The molecule has 1 N–H and O–H groups in total. The Bertz CT molecular complexity index is 897. The van der Waals surface area contributed by atoms with E-state index in [4.69, 9.17) is 23.2 Å². The molecule has 2 aromatic rings. The van der Waals surface area contributed by atoms with E-state index >= 15 is 0 Å². The van der Waals surface area contributed by atoms with Gasteiger partial charge in [0.15, 0.2) is 0 Å². The Labute approximate surface area is 156 Å². The van der Waals surface area contributed by atoms with Gasteiger partial charge in [-0.2, -0.15) is 0 Å². The van der Waals surface area contributed by atoms with E-state index in [9.17, 15) is 13.2 Å². The third-order valence-electron chi connectivity index (χ3n) is 3.44. The molecular formula is C17H16Cl2N2O3S. The lowest BCUT2D eigenvalue weighted by molar-refractivity contribution is 0.0958. The second kappa shape index (κ2) is 7.91. The van der Waals surface area contributed by atoms with Gasteiger partial charge in [0.2, 0.25) is 0 Å². The van der Waals surface area contributed by atoms with E-state index in [2.05, 4.69) is 11.9 Å². The summed E-state index contributed by atoms with van der Waals surface area (Å²) in [6.07, 6.45) is 1.53. The Morgan fingerprint density at radius 1 is 1.20 bits per heavy atom. The van der Waals surface area contributed by atoms with Crippen LogP contribution in [0.3, 0.4) is 0 Å². The van der Waals surface area contributed by atoms with Crippen molar-refractivity contribution in [3.8, 4) is 0 Å². The molecule has 0 saturated heterocycles. The number of amides is 1. The second-order valence-electron chi connectivity index (χ2n) is 5.09. The third kappa shape index (κ3) is 4.34. The highest BCUT2D eigenvalue weighted by Gasteiger charge is 2.22. The summed E-state index contributed by atoms with van der Waals surface area (Å²) < 4.78 is 26.5.